The first-order valence-corrected chi connectivity index (χ1v) is 6.37. The van der Waals surface area contributed by atoms with E-state index in [0.29, 0.717) is 11.6 Å². The van der Waals surface area contributed by atoms with Crippen LogP contribution in [0.1, 0.15) is 30.3 Å². The number of halogens is 1. The lowest BCUT2D eigenvalue weighted by Gasteiger charge is -2.30. The monoisotopic (exact) mass is 282 g/mol. The largest absolute Gasteiger partial charge is 0.337 e. The van der Waals surface area contributed by atoms with Gasteiger partial charge in [-0.3, -0.25) is 4.79 Å². The average Bonchev–Trinajstić information content (AvgIpc) is 2.29. The minimum atomic E-state index is 0.0408. The fourth-order valence-electron chi connectivity index (χ4n) is 2.07. The lowest BCUT2D eigenvalue weighted by atomic mass is 10.00. The number of likely N-dealkylation sites (tertiary alicyclic amines) is 1. The number of aromatic nitrogens is 1. The van der Waals surface area contributed by atoms with Crippen LogP contribution in [0.5, 0.6) is 0 Å². The van der Waals surface area contributed by atoms with Gasteiger partial charge in [-0.2, -0.15) is 0 Å². The quantitative estimate of drug-likeness (QED) is 0.794. The second kappa shape index (κ2) is 4.95. The first kappa shape index (κ1) is 11.6. The summed E-state index contributed by atoms with van der Waals surface area (Å²) < 4.78 is 0.776. The van der Waals surface area contributed by atoms with Crippen molar-refractivity contribution in [2.75, 3.05) is 13.1 Å². The van der Waals surface area contributed by atoms with Crippen molar-refractivity contribution in [2.45, 2.75) is 19.8 Å². The lowest BCUT2D eigenvalue weighted by Crippen LogP contribution is -2.39. The van der Waals surface area contributed by atoms with Crippen LogP contribution in [0.4, 0.5) is 0 Å². The SMILES string of the molecule is CC1CCCN(C(=O)c2ncccc2Br)C1. The van der Waals surface area contributed by atoms with Crippen molar-refractivity contribution in [3.8, 4) is 0 Å². The number of nitrogens with zero attached hydrogens (tertiary/aromatic N) is 2. The van der Waals surface area contributed by atoms with E-state index in [4.69, 9.17) is 0 Å². The predicted octanol–water partition coefficient (Wildman–Crippen LogP) is 2.72. The van der Waals surface area contributed by atoms with E-state index < -0.39 is 0 Å². The Morgan fingerprint density at radius 3 is 3.12 bits per heavy atom. The van der Waals surface area contributed by atoms with Gasteiger partial charge in [0.25, 0.3) is 5.91 Å². The zero-order chi connectivity index (χ0) is 11.5. The number of hydrogen-bond donors (Lipinski definition) is 0. The molecule has 1 atom stereocenters. The smallest absolute Gasteiger partial charge is 0.273 e. The molecule has 1 aromatic rings. The van der Waals surface area contributed by atoms with Gasteiger partial charge in [0.1, 0.15) is 5.69 Å². The Labute approximate surface area is 104 Å². The molecule has 1 amide bonds. The van der Waals surface area contributed by atoms with Crippen LogP contribution in [0.25, 0.3) is 0 Å². The van der Waals surface area contributed by atoms with Gasteiger partial charge < -0.3 is 4.90 Å². The molecule has 1 aliphatic heterocycles. The molecule has 0 aromatic carbocycles. The van der Waals surface area contributed by atoms with Crippen LogP contribution < -0.4 is 0 Å². The Morgan fingerprint density at radius 2 is 2.44 bits per heavy atom. The molecule has 1 saturated heterocycles. The van der Waals surface area contributed by atoms with Gasteiger partial charge in [-0.1, -0.05) is 6.92 Å². The van der Waals surface area contributed by atoms with Crippen molar-refractivity contribution < 1.29 is 4.79 Å². The van der Waals surface area contributed by atoms with E-state index in [-0.39, 0.29) is 5.91 Å². The van der Waals surface area contributed by atoms with Crippen molar-refractivity contribution in [1.82, 2.24) is 9.88 Å². The predicted molar refractivity (Wildman–Crippen MR) is 66.2 cm³/mol. The highest BCUT2D eigenvalue weighted by Gasteiger charge is 2.23. The summed E-state index contributed by atoms with van der Waals surface area (Å²) in [6.45, 7) is 3.89. The maximum atomic E-state index is 12.2. The zero-order valence-electron chi connectivity index (χ0n) is 9.32. The number of carbonyl (C=O) groups is 1. The van der Waals surface area contributed by atoms with Crippen molar-refractivity contribution >= 4 is 21.8 Å². The minimum Gasteiger partial charge on any atom is -0.337 e. The number of carbonyl (C=O) groups excluding carboxylic acids is 1. The van der Waals surface area contributed by atoms with E-state index >= 15 is 0 Å². The van der Waals surface area contributed by atoms with Gasteiger partial charge in [-0.05, 0) is 46.8 Å². The molecule has 1 fully saturated rings. The van der Waals surface area contributed by atoms with Crippen LogP contribution in [-0.2, 0) is 0 Å². The maximum absolute atomic E-state index is 12.2. The number of pyridine rings is 1. The Morgan fingerprint density at radius 1 is 1.62 bits per heavy atom. The van der Waals surface area contributed by atoms with Crippen LogP contribution >= 0.6 is 15.9 Å². The van der Waals surface area contributed by atoms with E-state index in [1.165, 1.54) is 6.42 Å². The molecule has 4 heteroatoms. The molecule has 0 saturated carbocycles. The van der Waals surface area contributed by atoms with Gasteiger partial charge in [0.05, 0.1) is 0 Å². The highest BCUT2D eigenvalue weighted by molar-refractivity contribution is 9.10. The van der Waals surface area contributed by atoms with Gasteiger partial charge in [-0.25, -0.2) is 4.98 Å². The standard InChI is InChI=1S/C12H15BrN2O/c1-9-4-3-7-15(8-9)12(16)11-10(13)5-2-6-14-11/h2,5-6,9H,3-4,7-8H2,1H3. The summed E-state index contributed by atoms with van der Waals surface area (Å²) in [6, 6.07) is 3.67. The van der Waals surface area contributed by atoms with E-state index in [1.54, 1.807) is 6.20 Å². The van der Waals surface area contributed by atoms with Gasteiger partial charge in [0.15, 0.2) is 0 Å². The van der Waals surface area contributed by atoms with Gasteiger partial charge in [-0.15, -0.1) is 0 Å². The summed E-state index contributed by atoms with van der Waals surface area (Å²) in [4.78, 5) is 18.2. The molecule has 0 N–H and O–H groups in total. The average molecular weight is 283 g/mol. The first-order valence-electron chi connectivity index (χ1n) is 5.58. The summed E-state index contributed by atoms with van der Waals surface area (Å²) in [7, 11) is 0. The molecule has 1 aromatic heterocycles. The molecular weight excluding hydrogens is 268 g/mol. The van der Waals surface area contributed by atoms with Gasteiger partial charge in [0.2, 0.25) is 0 Å². The molecule has 2 rings (SSSR count). The highest BCUT2D eigenvalue weighted by Crippen LogP contribution is 2.20. The van der Waals surface area contributed by atoms with Gasteiger partial charge >= 0.3 is 0 Å². The van der Waals surface area contributed by atoms with E-state index in [9.17, 15) is 4.79 Å². The van der Waals surface area contributed by atoms with Crippen LogP contribution in [0.3, 0.4) is 0 Å². The molecule has 3 nitrogen and oxygen atoms in total. The summed E-state index contributed by atoms with van der Waals surface area (Å²) in [5, 5.41) is 0. The summed E-state index contributed by atoms with van der Waals surface area (Å²) in [5.41, 5.74) is 0.525. The molecule has 86 valence electrons. The number of hydrogen-bond acceptors (Lipinski definition) is 2. The second-order valence-corrected chi connectivity index (χ2v) is 5.19. The first-order chi connectivity index (χ1) is 7.68. The summed E-state index contributed by atoms with van der Waals surface area (Å²) in [5.74, 6) is 0.638. The molecule has 1 aliphatic rings. The molecule has 0 bridgehead atoms. The van der Waals surface area contributed by atoms with Crippen molar-refractivity contribution in [3.05, 3.63) is 28.5 Å². The van der Waals surface area contributed by atoms with Crippen molar-refractivity contribution in [3.63, 3.8) is 0 Å². The zero-order valence-corrected chi connectivity index (χ0v) is 10.9. The van der Waals surface area contributed by atoms with Crippen molar-refractivity contribution in [2.24, 2.45) is 5.92 Å². The maximum Gasteiger partial charge on any atom is 0.273 e. The third-order valence-electron chi connectivity index (χ3n) is 2.91. The Balaban J connectivity index is 2.16. The van der Waals surface area contributed by atoms with E-state index in [2.05, 4.69) is 27.8 Å². The lowest BCUT2D eigenvalue weighted by molar-refractivity contribution is 0.0676. The number of rotatable bonds is 1. The molecule has 0 radical (unpaired) electrons. The topological polar surface area (TPSA) is 33.2 Å². The molecule has 2 heterocycles. The van der Waals surface area contributed by atoms with Gasteiger partial charge in [0, 0.05) is 23.8 Å². The fourth-order valence-corrected chi connectivity index (χ4v) is 2.49. The van der Waals surface area contributed by atoms with Crippen LogP contribution in [0, 0.1) is 5.92 Å². The third-order valence-corrected chi connectivity index (χ3v) is 3.55. The Hall–Kier alpha value is -0.900. The number of amides is 1. The molecular formula is C12H15BrN2O. The molecule has 1 unspecified atom stereocenters. The molecule has 0 aliphatic carbocycles. The summed E-state index contributed by atoms with van der Waals surface area (Å²) >= 11 is 3.37. The highest BCUT2D eigenvalue weighted by atomic mass is 79.9. The van der Waals surface area contributed by atoms with E-state index in [1.807, 2.05) is 17.0 Å². The Kier molecular flexibility index (Phi) is 3.59. The van der Waals surface area contributed by atoms with Crippen LogP contribution in [-0.4, -0.2) is 28.9 Å². The molecule has 16 heavy (non-hydrogen) atoms. The summed E-state index contributed by atoms with van der Waals surface area (Å²) in [6.07, 6.45) is 3.97. The normalized spacial score (nSPS) is 20.9. The van der Waals surface area contributed by atoms with E-state index in [0.717, 1.165) is 24.0 Å². The van der Waals surface area contributed by atoms with Crippen molar-refractivity contribution in [1.29, 1.82) is 0 Å². The molecule has 0 spiro atoms. The third kappa shape index (κ3) is 2.43. The van der Waals surface area contributed by atoms with Crippen LogP contribution in [0.2, 0.25) is 0 Å². The fraction of sp³-hybridized carbons (Fsp3) is 0.500. The Bertz CT molecular complexity index is 394. The minimum absolute atomic E-state index is 0.0408. The second-order valence-electron chi connectivity index (χ2n) is 4.33. The van der Waals surface area contributed by atoms with Crippen LogP contribution in [0.15, 0.2) is 22.8 Å². The number of piperidine rings is 1.